The van der Waals surface area contributed by atoms with E-state index in [1.165, 1.54) is 20.3 Å². The summed E-state index contributed by atoms with van der Waals surface area (Å²) in [6.07, 6.45) is 4.94. The van der Waals surface area contributed by atoms with Crippen LogP contribution in [0.3, 0.4) is 0 Å². The van der Waals surface area contributed by atoms with Crippen LogP contribution in [0.5, 0.6) is 0 Å². The Balaban J connectivity index is 1.54. The summed E-state index contributed by atoms with van der Waals surface area (Å²) in [6.45, 7) is 0.181. The second-order valence-corrected chi connectivity index (χ2v) is 7.15. The van der Waals surface area contributed by atoms with Crippen molar-refractivity contribution in [2.24, 2.45) is 10.6 Å². The monoisotopic (exact) mass is 400 g/mol. The third kappa shape index (κ3) is 5.54. The largest absolute Gasteiger partial charge is 0.451 e. The van der Waals surface area contributed by atoms with Gasteiger partial charge in [-0.05, 0) is 54.9 Å². The van der Waals surface area contributed by atoms with Crippen molar-refractivity contribution in [3.8, 4) is 0 Å². The number of methoxy groups -OCH3 is 1. The van der Waals surface area contributed by atoms with Gasteiger partial charge in [0.15, 0.2) is 0 Å². The number of hydroxylamine groups is 1. The van der Waals surface area contributed by atoms with Gasteiger partial charge in [0.2, 0.25) is 0 Å². The average Bonchev–Trinajstić information content (AvgIpc) is 3.48. The van der Waals surface area contributed by atoms with Crippen LogP contribution < -0.4 is 5.06 Å². The minimum atomic E-state index is -0.628. The number of benzene rings is 2. The molecule has 1 saturated carbocycles. The van der Waals surface area contributed by atoms with Crippen LogP contribution in [0.1, 0.15) is 30.4 Å². The highest BCUT2D eigenvalue weighted by Crippen LogP contribution is 2.50. The van der Waals surface area contributed by atoms with E-state index in [9.17, 15) is 9.18 Å². The Morgan fingerprint density at radius 1 is 1.21 bits per heavy atom. The summed E-state index contributed by atoms with van der Waals surface area (Å²) >= 11 is 0. The first-order chi connectivity index (χ1) is 14.1. The van der Waals surface area contributed by atoms with Gasteiger partial charge >= 0.3 is 6.09 Å². The van der Waals surface area contributed by atoms with E-state index in [-0.39, 0.29) is 17.8 Å². The number of anilines is 1. The molecule has 29 heavy (non-hydrogen) atoms. The first-order valence-electron chi connectivity index (χ1n) is 9.45. The van der Waals surface area contributed by atoms with Gasteiger partial charge in [-0.2, -0.15) is 5.06 Å². The average molecular weight is 400 g/mol. The summed E-state index contributed by atoms with van der Waals surface area (Å²) in [5.41, 5.74) is 2.42. The van der Waals surface area contributed by atoms with Crippen LogP contribution in [0.4, 0.5) is 14.9 Å². The normalized spacial score (nSPS) is 14.6. The van der Waals surface area contributed by atoms with E-state index in [0.717, 1.165) is 41.9 Å². The zero-order valence-electron chi connectivity index (χ0n) is 16.6. The predicted octanol–water partition coefficient (Wildman–Crippen LogP) is 4.88. The highest BCUT2D eigenvalue weighted by Gasteiger charge is 2.41. The third-order valence-electron chi connectivity index (χ3n) is 5.05. The highest BCUT2D eigenvalue weighted by atomic mass is 19.1. The molecule has 1 aliphatic rings. The fourth-order valence-corrected chi connectivity index (χ4v) is 3.29. The van der Waals surface area contributed by atoms with Gasteiger partial charge in [-0.3, -0.25) is 4.84 Å². The molecule has 2 aromatic rings. The van der Waals surface area contributed by atoms with Gasteiger partial charge in [-0.1, -0.05) is 35.5 Å². The molecule has 0 aromatic heterocycles. The minimum Gasteiger partial charge on any atom is -0.451 e. The molecule has 7 heteroatoms. The van der Waals surface area contributed by atoms with Crippen LogP contribution in [0.2, 0.25) is 0 Å². The van der Waals surface area contributed by atoms with Crippen LogP contribution >= 0.6 is 0 Å². The number of para-hydroxylation sites is 1. The predicted molar refractivity (Wildman–Crippen MR) is 108 cm³/mol. The molecule has 6 nitrogen and oxygen atoms in total. The quantitative estimate of drug-likeness (QED) is 0.445. The number of carbonyl (C=O) groups is 1. The number of carbonyl (C=O) groups excluding carboxylic acids is 1. The van der Waals surface area contributed by atoms with Crippen LogP contribution in [-0.4, -0.2) is 26.5 Å². The molecule has 0 radical (unpaired) electrons. The molecule has 1 fully saturated rings. The van der Waals surface area contributed by atoms with Crippen molar-refractivity contribution in [3.63, 3.8) is 0 Å². The maximum atomic E-state index is 13.4. The van der Waals surface area contributed by atoms with E-state index in [1.54, 1.807) is 30.5 Å². The molecule has 154 valence electrons. The van der Waals surface area contributed by atoms with Gasteiger partial charge in [-0.15, -0.1) is 0 Å². The van der Waals surface area contributed by atoms with Crippen molar-refractivity contribution in [2.45, 2.75) is 32.3 Å². The molecule has 0 saturated heterocycles. The topological polar surface area (TPSA) is 60.4 Å². The molecule has 1 amide bonds. The minimum absolute atomic E-state index is 0.149. The lowest BCUT2D eigenvalue weighted by Crippen LogP contribution is -2.30. The molecule has 0 N–H and O–H groups in total. The van der Waals surface area contributed by atoms with E-state index in [4.69, 9.17) is 14.4 Å². The zero-order chi connectivity index (χ0) is 20.7. The maximum absolute atomic E-state index is 13.4. The van der Waals surface area contributed by atoms with Crippen molar-refractivity contribution in [1.82, 2.24) is 0 Å². The number of hydrogen-bond donors (Lipinski definition) is 0. The highest BCUT2D eigenvalue weighted by molar-refractivity contribution is 5.86. The summed E-state index contributed by atoms with van der Waals surface area (Å²) in [7, 11) is 2.68. The molecule has 3 rings (SSSR count). The fraction of sp³-hybridized carbons (Fsp3) is 0.364. The summed E-state index contributed by atoms with van der Waals surface area (Å²) in [4.78, 5) is 22.4. The third-order valence-corrected chi connectivity index (χ3v) is 5.05. The van der Waals surface area contributed by atoms with Crippen LogP contribution in [-0.2, 0) is 27.4 Å². The maximum Gasteiger partial charge on any atom is 0.438 e. The Kier molecular flexibility index (Phi) is 6.82. The van der Waals surface area contributed by atoms with E-state index in [2.05, 4.69) is 5.16 Å². The fourth-order valence-electron chi connectivity index (χ4n) is 3.29. The van der Waals surface area contributed by atoms with Crippen molar-refractivity contribution >= 4 is 18.0 Å². The Hall–Kier alpha value is -2.93. The lowest BCUT2D eigenvalue weighted by Gasteiger charge is -2.20. The number of oxime groups is 1. The van der Waals surface area contributed by atoms with Gasteiger partial charge in [0.1, 0.15) is 12.4 Å². The van der Waals surface area contributed by atoms with Gasteiger partial charge in [0, 0.05) is 11.8 Å². The zero-order valence-corrected chi connectivity index (χ0v) is 16.6. The molecule has 0 bridgehead atoms. The SMILES string of the molecule is COC(=O)N(OC)c1ccccc1CON=CCC1(Cc2cccc(F)c2)CC1. The molecule has 0 unspecified atom stereocenters. The number of ether oxygens (including phenoxy) is 1. The molecular formula is C22H25FN2O4. The van der Waals surface area contributed by atoms with E-state index >= 15 is 0 Å². The standard InChI is InChI=1S/C22H25FN2O4/c1-27-21(26)25(28-2)20-9-4-3-7-18(20)16-29-24-13-12-22(10-11-22)15-17-6-5-8-19(23)14-17/h3-9,13-14H,10-12,15-16H2,1-2H3. The summed E-state index contributed by atoms with van der Waals surface area (Å²) < 4.78 is 18.1. The summed E-state index contributed by atoms with van der Waals surface area (Å²) in [6, 6.07) is 13.9. The molecule has 0 aliphatic heterocycles. The first-order valence-corrected chi connectivity index (χ1v) is 9.45. The molecular weight excluding hydrogens is 375 g/mol. The molecule has 1 aliphatic carbocycles. The van der Waals surface area contributed by atoms with Crippen molar-refractivity contribution in [3.05, 3.63) is 65.5 Å². The van der Waals surface area contributed by atoms with E-state index < -0.39 is 6.09 Å². The smallest absolute Gasteiger partial charge is 0.438 e. The van der Waals surface area contributed by atoms with Crippen molar-refractivity contribution in [1.29, 1.82) is 0 Å². The Morgan fingerprint density at radius 3 is 2.69 bits per heavy atom. The Labute approximate surface area is 169 Å². The molecule has 0 heterocycles. The number of nitrogens with zero attached hydrogens (tertiary/aromatic N) is 2. The van der Waals surface area contributed by atoms with Gasteiger partial charge < -0.3 is 9.57 Å². The number of rotatable bonds is 9. The van der Waals surface area contributed by atoms with Crippen LogP contribution in [0.15, 0.2) is 53.7 Å². The van der Waals surface area contributed by atoms with E-state index in [1.807, 2.05) is 18.2 Å². The molecule has 2 aromatic carbocycles. The Bertz CT molecular complexity index is 867. The summed E-state index contributed by atoms with van der Waals surface area (Å²) in [5.74, 6) is -0.203. The van der Waals surface area contributed by atoms with Crippen molar-refractivity contribution in [2.75, 3.05) is 19.3 Å². The molecule has 0 atom stereocenters. The number of hydrogen-bond acceptors (Lipinski definition) is 5. The van der Waals surface area contributed by atoms with Crippen molar-refractivity contribution < 1.29 is 23.6 Å². The second kappa shape index (κ2) is 9.52. The Morgan fingerprint density at radius 2 is 2.00 bits per heavy atom. The van der Waals surface area contributed by atoms with E-state index in [0.29, 0.717) is 5.69 Å². The van der Waals surface area contributed by atoms with Gasteiger partial charge in [-0.25, -0.2) is 9.18 Å². The lowest BCUT2D eigenvalue weighted by atomic mass is 9.94. The second-order valence-electron chi connectivity index (χ2n) is 7.15. The van der Waals surface area contributed by atoms with Gasteiger partial charge in [0.25, 0.3) is 0 Å². The number of halogens is 1. The number of amides is 1. The molecule has 0 spiro atoms. The summed E-state index contributed by atoms with van der Waals surface area (Å²) in [5, 5.41) is 5.12. The lowest BCUT2D eigenvalue weighted by molar-refractivity contribution is 0.111. The van der Waals surface area contributed by atoms with Crippen LogP contribution in [0.25, 0.3) is 0 Å². The first kappa shape index (κ1) is 20.8. The van der Waals surface area contributed by atoms with Crippen LogP contribution in [0, 0.1) is 11.2 Å². The van der Waals surface area contributed by atoms with Gasteiger partial charge in [0.05, 0.1) is 19.9 Å².